The molecule has 2 heterocycles. The highest BCUT2D eigenvalue weighted by Crippen LogP contribution is 2.45. The smallest absolute Gasteiger partial charge is 0.346 e. The van der Waals surface area contributed by atoms with E-state index in [0.29, 0.717) is 5.69 Å². The van der Waals surface area contributed by atoms with Gasteiger partial charge in [0, 0.05) is 53.1 Å². The summed E-state index contributed by atoms with van der Waals surface area (Å²) in [5.74, 6) is -0.934. The molecule has 0 amide bonds. The van der Waals surface area contributed by atoms with Crippen LogP contribution in [-0.2, 0) is 19.1 Å². The van der Waals surface area contributed by atoms with E-state index in [2.05, 4.69) is 0 Å². The van der Waals surface area contributed by atoms with Gasteiger partial charge in [-0.15, -0.1) is 0 Å². The maximum Gasteiger partial charge on any atom is 0.346 e. The zero-order valence-electron chi connectivity index (χ0n) is 22.9. The molecule has 0 N–H and O–H groups in total. The lowest BCUT2D eigenvalue weighted by atomic mass is 9.94. The summed E-state index contributed by atoms with van der Waals surface area (Å²) in [7, 11) is 0. The van der Waals surface area contributed by atoms with E-state index < -0.39 is 44.4 Å². The Labute approximate surface area is 239 Å². The molecule has 0 atom stereocenters. The molecular weight excluding hydrogens is 570 g/mol. The van der Waals surface area contributed by atoms with E-state index in [1.54, 1.807) is 24.8 Å². The van der Waals surface area contributed by atoms with E-state index in [0.717, 1.165) is 12.1 Å². The van der Waals surface area contributed by atoms with Crippen LogP contribution in [0.2, 0.25) is 0 Å². The fourth-order valence-electron chi connectivity index (χ4n) is 5.15. The number of hydrogen-bond donors (Lipinski definition) is 0. The Morgan fingerprint density at radius 3 is 1.86 bits per heavy atom. The van der Waals surface area contributed by atoms with E-state index in [9.17, 15) is 39.4 Å². The Morgan fingerprint density at radius 2 is 1.33 bits per heavy atom. The number of nitrogens with zero attached hydrogens (tertiary/aromatic N) is 3. The zero-order chi connectivity index (χ0) is 31.0. The number of carbonyl (C=O) groups excluding carboxylic acids is 2. The van der Waals surface area contributed by atoms with Gasteiger partial charge in [-0.05, 0) is 26.0 Å². The van der Waals surface area contributed by atoms with Gasteiger partial charge < -0.3 is 23.2 Å². The van der Waals surface area contributed by atoms with Crippen LogP contribution in [0.3, 0.4) is 0 Å². The minimum absolute atomic E-state index is 0.00114. The number of fused-ring (bicyclic) bond motifs is 2. The van der Waals surface area contributed by atoms with Crippen molar-refractivity contribution >= 4 is 72.5 Å². The van der Waals surface area contributed by atoms with Gasteiger partial charge in [0.25, 0.3) is 5.69 Å². The maximum atomic E-state index is 12.6. The average Bonchev–Trinajstić information content (AvgIpc) is 2.96. The maximum absolute atomic E-state index is 12.6. The van der Waals surface area contributed by atoms with Crippen molar-refractivity contribution in [3.05, 3.63) is 71.4 Å². The van der Waals surface area contributed by atoms with Crippen LogP contribution in [0, 0.1) is 20.2 Å². The number of rotatable bonds is 11. The number of nitro groups is 2. The molecule has 0 saturated carbocycles. The molecule has 5 aromatic rings. The molecule has 0 saturated heterocycles. The highest BCUT2D eigenvalue weighted by molar-refractivity contribution is 6.30. The topological polar surface area (TPSA) is 203 Å². The van der Waals surface area contributed by atoms with Gasteiger partial charge in [-0.3, -0.25) is 29.8 Å². The summed E-state index contributed by atoms with van der Waals surface area (Å²) in [6, 6.07) is 6.42. The van der Waals surface area contributed by atoms with Gasteiger partial charge >= 0.3 is 28.9 Å². The number of non-ortho nitro benzene ring substituents is 2. The molecule has 0 aliphatic heterocycles. The first-order valence-electron chi connectivity index (χ1n) is 13.2. The van der Waals surface area contributed by atoms with Crippen molar-refractivity contribution in [1.29, 1.82) is 0 Å². The van der Waals surface area contributed by atoms with Gasteiger partial charge in [-0.2, -0.15) is 0 Å². The van der Waals surface area contributed by atoms with Crippen molar-refractivity contribution < 1.29 is 37.7 Å². The van der Waals surface area contributed by atoms with Crippen LogP contribution in [0.4, 0.5) is 17.1 Å². The fourth-order valence-corrected chi connectivity index (χ4v) is 5.15. The third-order valence-corrected chi connectivity index (χ3v) is 6.93. The van der Waals surface area contributed by atoms with Crippen molar-refractivity contribution in [2.24, 2.45) is 0 Å². The van der Waals surface area contributed by atoms with Gasteiger partial charge in [0.05, 0.1) is 52.1 Å². The van der Waals surface area contributed by atoms with Crippen LogP contribution in [0.15, 0.2) is 48.8 Å². The predicted octanol–water partition coefficient (Wildman–Crippen LogP) is 4.17. The summed E-state index contributed by atoms with van der Waals surface area (Å²) in [6.45, 7) is 3.96. The van der Waals surface area contributed by atoms with Crippen LogP contribution >= 0.6 is 0 Å². The van der Waals surface area contributed by atoms with Gasteiger partial charge in [-0.1, -0.05) is 0 Å². The molecule has 0 bridgehead atoms. The number of nitro benzene ring substituents is 2. The Bertz CT molecular complexity index is 2010. The summed E-state index contributed by atoms with van der Waals surface area (Å²) in [6.07, 6.45) is -0.0489. The molecule has 0 spiro atoms. The summed E-state index contributed by atoms with van der Waals surface area (Å²) in [5.41, 5.74) is -3.44. The summed E-state index contributed by atoms with van der Waals surface area (Å²) in [4.78, 5) is 73.7. The van der Waals surface area contributed by atoms with Crippen LogP contribution in [0.25, 0.3) is 43.5 Å². The Kier molecular flexibility index (Phi) is 7.63. The molecule has 5 rings (SSSR count). The predicted molar refractivity (Wildman–Crippen MR) is 153 cm³/mol. The molecule has 0 fully saturated rings. The highest BCUT2D eigenvalue weighted by Gasteiger charge is 2.30. The monoisotopic (exact) mass is 593 g/mol. The summed E-state index contributed by atoms with van der Waals surface area (Å²) >= 11 is 0. The molecule has 0 radical (unpaired) electrons. The van der Waals surface area contributed by atoms with Crippen molar-refractivity contribution in [3.63, 3.8) is 0 Å². The quantitative estimate of drug-likeness (QED) is 0.0694. The first-order valence-corrected chi connectivity index (χ1v) is 13.2. The van der Waals surface area contributed by atoms with E-state index in [4.69, 9.17) is 18.3 Å². The molecule has 15 nitrogen and oxygen atoms in total. The zero-order valence-corrected chi connectivity index (χ0v) is 22.9. The molecule has 3 aromatic carbocycles. The first-order chi connectivity index (χ1) is 20.5. The molecular formula is C28H23N3O12. The van der Waals surface area contributed by atoms with E-state index >= 15 is 0 Å². The number of anilines is 1. The molecule has 222 valence electrons. The molecule has 0 aliphatic carbocycles. The van der Waals surface area contributed by atoms with Crippen LogP contribution < -0.4 is 16.2 Å². The largest absolute Gasteiger partial charge is 0.466 e. The highest BCUT2D eigenvalue weighted by atomic mass is 16.6. The van der Waals surface area contributed by atoms with Gasteiger partial charge in [0.15, 0.2) is 0 Å². The van der Waals surface area contributed by atoms with Crippen molar-refractivity contribution in [1.82, 2.24) is 0 Å². The summed E-state index contributed by atoms with van der Waals surface area (Å²) in [5, 5.41) is 23.6. The normalized spacial score (nSPS) is 11.4. The standard InChI is InChI=1S/C28H23N3O12/c1-3-40-21(32)7-9-29(10-8-22(33)41-4-2)14-5-6-15-20(11-14)42-26-19(31(38)39)13-17-23-16(27(34)43-28(17)35)12-18(30(36)37)24(15)25(23)26/h5-6,11-13H,3-4,7-10H2,1-2H3. The van der Waals surface area contributed by atoms with Gasteiger partial charge in [0.1, 0.15) is 5.58 Å². The van der Waals surface area contributed by atoms with Gasteiger partial charge in [-0.25, -0.2) is 9.59 Å². The number of ether oxygens (including phenoxy) is 2. The second kappa shape index (κ2) is 11.3. The minimum Gasteiger partial charge on any atom is -0.466 e. The Balaban J connectivity index is 1.79. The lowest BCUT2D eigenvalue weighted by molar-refractivity contribution is -0.383. The number of esters is 2. The lowest BCUT2D eigenvalue weighted by Gasteiger charge is -2.24. The van der Waals surface area contributed by atoms with E-state index in [-0.39, 0.29) is 82.6 Å². The van der Waals surface area contributed by atoms with E-state index in [1.807, 2.05) is 0 Å². The number of carbonyl (C=O) groups is 2. The van der Waals surface area contributed by atoms with Crippen molar-refractivity contribution in [3.8, 4) is 0 Å². The van der Waals surface area contributed by atoms with Crippen LogP contribution in [0.5, 0.6) is 0 Å². The van der Waals surface area contributed by atoms with Crippen LogP contribution in [0.1, 0.15) is 26.7 Å². The van der Waals surface area contributed by atoms with E-state index in [1.165, 1.54) is 12.1 Å². The van der Waals surface area contributed by atoms with Gasteiger partial charge in [0.2, 0.25) is 5.58 Å². The molecule has 15 heteroatoms. The average molecular weight is 594 g/mol. The minimum atomic E-state index is -1.13. The molecule has 43 heavy (non-hydrogen) atoms. The number of hydrogen-bond acceptors (Lipinski definition) is 13. The molecule has 2 aromatic heterocycles. The fraction of sp³-hybridized carbons (Fsp3) is 0.286. The molecule has 0 unspecified atom stereocenters. The lowest BCUT2D eigenvalue weighted by Crippen LogP contribution is -2.29. The SMILES string of the molecule is CCOC(=O)CCN(CCC(=O)OCC)c1ccc2c(c1)oc1c([N+](=O)[O-])cc3c(=O)oc(=O)c4cc([N+](=O)[O-])c2c1c34. The Hall–Kier alpha value is -5.60. The third-order valence-electron chi connectivity index (χ3n) is 6.93. The van der Waals surface area contributed by atoms with Crippen molar-refractivity contribution in [2.45, 2.75) is 26.7 Å². The van der Waals surface area contributed by atoms with Crippen molar-refractivity contribution in [2.75, 3.05) is 31.2 Å². The Morgan fingerprint density at radius 1 is 0.767 bits per heavy atom. The first kappa shape index (κ1) is 28.9. The molecule has 0 aliphatic rings. The van der Waals surface area contributed by atoms with Crippen LogP contribution in [-0.4, -0.2) is 48.1 Å². The summed E-state index contributed by atoms with van der Waals surface area (Å²) < 4.78 is 20.7. The second-order valence-electron chi connectivity index (χ2n) is 9.41. The number of benzene rings is 3. The second-order valence-corrected chi connectivity index (χ2v) is 9.41. The third kappa shape index (κ3) is 5.16.